The molecule has 4 nitrogen and oxygen atoms in total. The van der Waals surface area contributed by atoms with Crippen LogP contribution in [0, 0.1) is 5.92 Å². The molecule has 0 bridgehead atoms. The van der Waals surface area contributed by atoms with Crippen LogP contribution in [0.1, 0.15) is 30.1 Å². The molecule has 21 heavy (non-hydrogen) atoms. The molecule has 2 aromatic rings. The van der Waals surface area contributed by atoms with Crippen LogP contribution in [0.2, 0.25) is 5.02 Å². The van der Waals surface area contributed by atoms with Crippen molar-refractivity contribution in [1.29, 1.82) is 0 Å². The quantitative estimate of drug-likeness (QED) is 0.936. The fraction of sp³-hybridized carbons (Fsp3) is 0.467. The summed E-state index contributed by atoms with van der Waals surface area (Å²) < 4.78 is 5.36. The fourth-order valence-electron chi connectivity index (χ4n) is 2.56. The monoisotopic (exact) mass is 327 g/mol. The van der Waals surface area contributed by atoms with Gasteiger partial charge in [-0.05, 0) is 49.5 Å². The first-order valence-electron chi connectivity index (χ1n) is 7.06. The maximum atomic E-state index is 5.87. The van der Waals surface area contributed by atoms with E-state index in [1.54, 1.807) is 0 Å². The maximum Gasteiger partial charge on any atom is 0.226 e. The van der Waals surface area contributed by atoms with Crippen LogP contribution >= 0.6 is 24.0 Å². The van der Waals surface area contributed by atoms with Crippen LogP contribution in [0.5, 0.6) is 0 Å². The van der Waals surface area contributed by atoms with Gasteiger partial charge in [-0.1, -0.05) is 28.9 Å². The van der Waals surface area contributed by atoms with Crippen LogP contribution in [0.3, 0.4) is 0 Å². The average molecular weight is 328 g/mol. The Kier molecular flexibility index (Phi) is 6.03. The molecule has 0 aliphatic carbocycles. The van der Waals surface area contributed by atoms with Gasteiger partial charge in [0.25, 0.3) is 0 Å². The Bertz CT molecular complexity index is 550. The number of piperidine rings is 1. The molecule has 1 aliphatic rings. The van der Waals surface area contributed by atoms with Crippen molar-refractivity contribution in [2.75, 3.05) is 13.1 Å². The predicted octanol–water partition coefficient (Wildman–Crippen LogP) is 3.28. The molecule has 0 atom stereocenters. The van der Waals surface area contributed by atoms with Crippen molar-refractivity contribution in [3.05, 3.63) is 46.6 Å². The van der Waals surface area contributed by atoms with Gasteiger partial charge in [-0.25, -0.2) is 0 Å². The lowest BCUT2D eigenvalue weighted by Crippen LogP contribution is -2.28. The Hall–Kier alpha value is -1.10. The number of nitrogens with zero attached hydrogens (tertiary/aromatic N) is 2. The van der Waals surface area contributed by atoms with Crippen molar-refractivity contribution in [3.8, 4) is 0 Å². The predicted molar refractivity (Wildman–Crippen MR) is 85.1 cm³/mol. The molecule has 0 radical (unpaired) electrons. The molecule has 2 heterocycles. The van der Waals surface area contributed by atoms with Crippen molar-refractivity contribution < 1.29 is 4.52 Å². The minimum atomic E-state index is 0. The molecule has 3 rings (SSSR count). The molecule has 1 fully saturated rings. The smallest absolute Gasteiger partial charge is 0.226 e. The SMILES string of the molecule is Cl.Clc1ccc(Cc2noc(CC3CCNCC3)n2)cc1. The molecular weight excluding hydrogens is 309 g/mol. The van der Waals surface area contributed by atoms with Crippen LogP contribution in [0.25, 0.3) is 0 Å². The maximum absolute atomic E-state index is 5.87. The van der Waals surface area contributed by atoms with Crippen molar-refractivity contribution >= 4 is 24.0 Å². The zero-order valence-electron chi connectivity index (χ0n) is 11.7. The number of halogens is 2. The highest BCUT2D eigenvalue weighted by Crippen LogP contribution is 2.18. The largest absolute Gasteiger partial charge is 0.339 e. The number of hydrogen-bond acceptors (Lipinski definition) is 4. The van der Waals surface area contributed by atoms with E-state index in [0.29, 0.717) is 12.3 Å². The highest BCUT2D eigenvalue weighted by molar-refractivity contribution is 6.30. The number of hydrogen-bond donors (Lipinski definition) is 1. The first kappa shape index (κ1) is 16.3. The first-order chi connectivity index (χ1) is 9.79. The second-order valence-electron chi connectivity index (χ2n) is 5.31. The van der Waals surface area contributed by atoms with Crippen molar-refractivity contribution in [3.63, 3.8) is 0 Å². The van der Waals surface area contributed by atoms with Crippen molar-refractivity contribution in [1.82, 2.24) is 15.5 Å². The van der Waals surface area contributed by atoms with Crippen LogP contribution < -0.4 is 5.32 Å². The van der Waals surface area contributed by atoms with Gasteiger partial charge in [-0.2, -0.15) is 4.98 Å². The van der Waals surface area contributed by atoms with Gasteiger partial charge in [0.2, 0.25) is 5.89 Å². The van der Waals surface area contributed by atoms with Gasteiger partial charge in [0.05, 0.1) is 0 Å². The van der Waals surface area contributed by atoms with Gasteiger partial charge >= 0.3 is 0 Å². The molecule has 0 unspecified atom stereocenters. The van der Waals surface area contributed by atoms with E-state index in [2.05, 4.69) is 15.5 Å². The number of benzene rings is 1. The molecule has 0 amide bonds. The van der Waals surface area contributed by atoms with E-state index >= 15 is 0 Å². The van der Waals surface area contributed by atoms with E-state index in [1.807, 2.05) is 24.3 Å². The number of aromatic nitrogens is 2. The summed E-state index contributed by atoms with van der Waals surface area (Å²) in [4.78, 5) is 4.49. The van der Waals surface area contributed by atoms with Crippen LogP contribution in [0.4, 0.5) is 0 Å². The second kappa shape index (κ2) is 7.78. The van der Waals surface area contributed by atoms with Crippen LogP contribution in [0.15, 0.2) is 28.8 Å². The third-order valence-electron chi connectivity index (χ3n) is 3.71. The van der Waals surface area contributed by atoms with E-state index in [9.17, 15) is 0 Å². The van der Waals surface area contributed by atoms with Gasteiger partial charge in [0.15, 0.2) is 5.82 Å². The summed E-state index contributed by atoms with van der Waals surface area (Å²) in [6.45, 7) is 2.19. The molecule has 1 aromatic carbocycles. The van der Waals surface area contributed by atoms with E-state index in [1.165, 1.54) is 12.8 Å². The summed E-state index contributed by atoms with van der Waals surface area (Å²) in [5, 5.41) is 8.17. The van der Waals surface area contributed by atoms with Crippen molar-refractivity contribution in [2.45, 2.75) is 25.7 Å². The molecule has 1 aliphatic heterocycles. The minimum absolute atomic E-state index is 0. The van der Waals surface area contributed by atoms with Gasteiger partial charge in [-0.15, -0.1) is 12.4 Å². The zero-order chi connectivity index (χ0) is 13.8. The lowest BCUT2D eigenvalue weighted by atomic mass is 9.95. The lowest BCUT2D eigenvalue weighted by Gasteiger charge is -2.20. The second-order valence-corrected chi connectivity index (χ2v) is 5.74. The topological polar surface area (TPSA) is 51.0 Å². The molecule has 114 valence electrons. The summed E-state index contributed by atoms with van der Waals surface area (Å²) in [5.74, 6) is 2.18. The third kappa shape index (κ3) is 4.70. The van der Waals surface area contributed by atoms with Crippen LogP contribution in [-0.4, -0.2) is 23.2 Å². The normalized spacial score (nSPS) is 15.7. The van der Waals surface area contributed by atoms with Gasteiger partial charge in [0.1, 0.15) is 0 Å². The Morgan fingerprint density at radius 2 is 1.90 bits per heavy atom. The molecule has 1 aromatic heterocycles. The third-order valence-corrected chi connectivity index (χ3v) is 3.96. The summed E-state index contributed by atoms with van der Waals surface area (Å²) in [6, 6.07) is 7.75. The Balaban J connectivity index is 0.00000161. The summed E-state index contributed by atoms with van der Waals surface area (Å²) in [6.07, 6.45) is 3.96. The first-order valence-corrected chi connectivity index (χ1v) is 7.44. The lowest BCUT2D eigenvalue weighted by molar-refractivity contribution is 0.312. The van der Waals surface area contributed by atoms with Gasteiger partial charge in [-0.3, -0.25) is 0 Å². The zero-order valence-corrected chi connectivity index (χ0v) is 13.3. The standard InChI is InChI=1S/C15H18ClN3O.ClH/c16-13-3-1-11(2-4-13)9-14-18-15(20-19-14)10-12-5-7-17-8-6-12;/h1-4,12,17H,5-10H2;1H. The Morgan fingerprint density at radius 1 is 1.19 bits per heavy atom. The van der Waals surface area contributed by atoms with Gasteiger partial charge in [0, 0.05) is 17.9 Å². The fourth-order valence-corrected chi connectivity index (χ4v) is 2.69. The molecule has 6 heteroatoms. The Morgan fingerprint density at radius 3 is 2.62 bits per heavy atom. The van der Waals surface area contributed by atoms with E-state index in [-0.39, 0.29) is 12.4 Å². The minimum Gasteiger partial charge on any atom is -0.339 e. The van der Waals surface area contributed by atoms with Crippen molar-refractivity contribution in [2.24, 2.45) is 5.92 Å². The Labute approximate surface area is 135 Å². The molecule has 1 saturated heterocycles. The average Bonchev–Trinajstić information content (AvgIpc) is 2.90. The van der Waals surface area contributed by atoms with Gasteiger partial charge < -0.3 is 9.84 Å². The molecule has 0 spiro atoms. The molecule has 0 saturated carbocycles. The number of nitrogens with one attached hydrogen (secondary N) is 1. The van der Waals surface area contributed by atoms with E-state index in [0.717, 1.165) is 41.8 Å². The highest BCUT2D eigenvalue weighted by Gasteiger charge is 2.17. The summed E-state index contributed by atoms with van der Waals surface area (Å²) in [5.41, 5.74) is 1.14. The van der Waals surface area contributed by atoms with Crippen LogP contribution in [-0.2, 0) is 12.8 Å². The van der Waals surface area contributed by atoms with E-state index in [4.69, 9.17) is 16.1 Å². The summed E-state index contributed by atoms with van der Waals surface area (Å²) in [7, 11) is 0. The highest BCUT2D eigenvalue weighted by atomic mass is 35.5. The number of rotatable bonds is 4. The molecule has 1 N–H and O–H groups in total. The molecular formula is C15H19Cl2N3O. The summed E-state index contributed by atoms with van der Waals surface area (Å²) >= 11 is 5.87. The van der Waals surface area contributed by atoms with E-state index < -0.39 is 0 Å².